The van der Waals surface area contributed by atoms with Crippen LogP contribution in [0.25, 0.3) is 0 Å². The van der Waals surface area contributed by atoms with Crippen molar-refractivity contribution in [3.05, 3.63) is 18.5 Å². The van der Waals surface area contributed by atoms with Gasteiger partial charge in [0.15, 0.2) is 0 Å². The SMILES string of the molecule is O=C(OCCN1CCCOCC1)C1CCC(Nc2ncccn2)CC1. The van der Waals surface area contributed by atoms with Crippen LogP contribution in [0.4, 0.5) is 5.95 Å². The highest BCUT2D eigenvalue weighted by Crippen LogP contribution is 2.26. The van der Waals surface area contributed by atoms with E-state index in [-0.39, 0.29) is 11.9 Å². The second-order valence-corrected chi connectivity index (χ2v) is 6.74. The van der Waals surface area contributed by atoms with Gasteiger partial charge in [-0.3, -0.25) is 9.69 Å². The minimum Gasteiger partial charge on any atom is -0.464 e. The molecular formula is C18H28N4O3. The first kappa shape index (κ1) is 18.1. The number of nitrogens with zero attached hydrogens (tertiary/aromatic N) is 3. The third kappa shape index (κ3) is 5.93. The molecule has 2 heterocycles. The summed E-state index contributed by atoms with van der Waals surface area (Å²) in [6.07, 6.45) is 8.13. The third-order valence-corrected chi connectivity index (χ3v) is 4.93. The Morgan fingerprint density at radius 2 is 2.00 bits per heavy atom. The van der Waals surface area contributed by atoms with Crippen LogP contribution < -0.4 is 5.32 Å². The molecule has 1 saturated heterocycles. The standard InChI is InChI=1S/C18H28N4O3/c23-17(25-14-11-22-9-2-12-24-13-10-22)15-3-5-16(6-4-15)21-18-19-7-1-8-20-18/h1,7-8,15-16H,2-6,9-14H2,(H,19,20,21). The summed E-state index contributed by atoms with van der Waals surface area (Å²) < 4.78 is 10.9. The first-order chi connectivity index (χ1) is 12.3. The van der Waals surface area contributed by atoms with E-state index in [4.69, 9.17) is 9.47 Å². The zero-order valence-corrected chi connectivity index (χ0v) is 14.7. The molecule has 1 aromatic rings. The van der Waals surface area contributed by atoms with E-state index >= 15 is 0 Å². The number of aromatic nitrogens is 2. The van der Waals surface area contributed by atoms with E-state index in [2.05, 4.69) is 20.2 Å². The van der Waals surface area contributed by atoms with E-state index in [0.717, 1.165) is 65.0 Å². The second-order valence-electron chi connectivity index (χ2n) is 6.74. The van der Waals surface area contributed by atoms with Gasteiger partial charge in [0.1, 0.15) is 6.61 Å². The Labute approximate surface area is 149 Å². The maximum atomic E-state index is 12.3. The first-order valence-corrected chi connectivity index (χ1v) is 9.31. The molecule has 25 heavy (non-hydrogen) atoms. The molecule has 1 aliphatic heterocycles. The summed E-state index contributed by atoms with van der Waals surface area (Å²) in [7, 11) is 0. The topological polar surface area (TPSA) is 76.6 Å². The molecule has 3 rings (SSSR count). The predicted octanol–water partition coefficient (Wildman–Crippen LogP) is 1.71. The molecule has 0 atom stereocenters. The molecule has 138 valence electrons. The van der Waals surface area contributed by atoms with Gasteiger partial charge in [-0.15, -0.1) is 0 Å². The van der Waals surface area contributed by atoms with Gasteiger partial charge in [0.05, 0.1) is 12.5 Å². The molecule has 1 N–H and O–H groups in total. The van der Waals surface area contributed by atoms with Crippen molar-refractivity contribution in [1.82, 2.24) is 14.9 Å². The monoisotopic (exact) mass is 348 g/mol. The lowest BCUT2D eigenvalue weighted by molar-refractivity contribution is -0.150. The average Bonchev–Trinajstić information content (AvgIpc) is 2.92. The summed E-state index contributed by atoms with van der Waals surface area (Å²) in [6, 6.07) is 2.14. The highest BCUT2D eigenvalue weighted by molar-refractivity contribution is 5.72. The molecule has 0 unspecified atom stereocenters. The molecular weight excluding hydrogens is 320 g/mol. The van der Waals surface area contributed by atoms with Crippen LogP contribution in [0.15, 0.2) is 18.5 Å². The van der Waals surface area contributed by atoms with Crippen LogP contribution in [-0.4, -0.2) is 66.3 Å². The van der Waals surface area contributed by atoms with Crippen molar-refractivity contribution in [1.29, 1.82) is 0 Å². The van der Waals surface area contributed by atoms with Gasteiger partial charge < -0.3 is 14.8 Å². The normalized spacial score (nSPS) is 25.1. The van der Waals surface area contributed by atoms with E-state index in [9.17, 15) is 4.79 Å². The van der Waals surface area contributed by atoms with Gasteiger partial charge >= 0.3 is 5.97 Å². The first-order valence-electron chi connectivity index (χ1n) is 9.31. The van der Waals surface area contributed by atoms with Gasteiger partial charge in [-0.1, -0.05) is 0 Å². The van der Waals surface area contributed by atoms with Crippen molar-refractivity contribution < 1.29 is 14.3 Å². The van der Waals surface area contributed by atoms with E-state index in [1.807, 2.05) is 0 Å². The van der Waals surface area contributed by atoms with Crippen LogP contribution in [0.1, 0.15) is 32.1 Å². The van der Waals surface area contributed by atoms with Crippen molar-refractivity contribution in [2.24, 2.45) is 5.92 Å². The van der Waals surface area contributed by atoms with E-state index in [1.165, 1.54) is 0 Å². The highest BCUT2D eigenvalue weighted by atomic mass is 16.5. The van der Waals surface area contributed by atoms with Gasteiger partial charge in [-0.25, -0.2) is 9.97 Å². The Kier molecular flexibility index (Phi) is 6.99. The summed E-state index contributed by atoms with van der Waals surface area (Å²) in [5.41, 5.74) is 0. The van der Waals surface area contributed by atoms with Crippen LogP contribution in [0.5, 0.6) is 0 Å². The number of rotatable bonds is 6. The highest BCUT2D eigenvalue weighted by Gasteiger charge is 2.27. The smallest absolute Gasteiger partial charge is 0.308 e. The summed E-state index contributed by atoms with van der Waals surface area (Å²) in [5.74, 6) is 0.651. The quantitative estimate of drug-likeness (QED) is 0.784. The zero-order valence-electron chi connectivity index (χ0n) is 14.7. The Morgan fingerprint density at radius 1 is 1.20 bits per heavy atom. The predicted molar refractivity (Wildman–Crippen MR) is 94.2 cm³/mol. The molecule has 0 spiro atoms. The van der Waals surface area contributed by atoms with Crippen molar-refractivity contribution in [2.75, 3.05) is 44.8 Å². The molecule has 0 aromatic carbocycles. The van der Waals surface area contributed by atoms with E-state index in [0.29, 0.717) is 18.6 Å². The molecule has 7 nitrogen and oxygen atoms in total. The van der Waals surface area contributed by atoms with Gasteiger partial charge in [0.2, 0.25) is 5.95 Å². The fraction of sp³-hybridized carbons (Fsp3) is 0.722. The largest absolute Gasteiger partial charge is 0.464 e. The lowest BCUT2D eigenvalue weighted by atomic mass is 9.86. The van der Waals surface area contributed by atoms with Crippen molar-refractivity contribution in [2.45, 2.75) is 38.1 Å². The Hall–Kier alpha value is -1.73. The van der Waals surface area contributed by atoms with Gasteiger partial charge in [-0.2, -0.15) is 0 Å². The maximum absolute atomic E-state index is 12.3. The van der Waals surface area contributed by atoms with Crippen LogP contribution >= 0.6 is 0 Å². The minimum absolute atomic E-state index is 0.0298. The molecule has 7 heteroatoms. The summed E-state index contributed by atoms with van der Waals surface area (Å²) in [4.78, 5) is 23.0. The molecule has 0 bridgehead atoms. The number of nitrogens with one attached hydrogen (secondary N) is 1. The average molecular weight is 348 g/mol. The molecule has 1 aliphatic carbocycles. The van der Waals surface area contributed by atoms with Gasteiger partial charge in [-0.05, 0) is 38.2 Å². The molecule has 1 saturated carbocycles. The summed E-state index contributed by atoms with van der Waals surface area (Å²) in [5, 5.41) is 3.34. The Bertz CT molecular complexity index is 512. The molecule has 0 amide bonds. The van der Waals surface area contributed by atoms with Gasteiger partial charge in [0, 0.05) is 44.7 Å². The number of esters is 1. The number of hydrogen-bond donors (Lipinski definition) is 1. The summed E-state index contributed by atoms with van der Waals surface area (Å²) >= 11 is 0. The molecule has 2 aliphatic rings. The van der Waals surface area contributed by atoms with Gasteiger partial charge in [0.25, 0.3) is 0 Å². The second kappa shape index (κ2) is 9.68. The number of hydrogen-bond acceptors (Lipinski definition) is 7. The zero-order chi connectivity index (χ0) is 17.3. The van der Waals surface area contributed by atoms with Crippen LogP contribution in [-0.2, 0) is 14.3 Å². The summed E-state index contributed by atoms with van der Waals surface area (Å²) in [6.45, 7) is 4.84. The molecule has 2 fully saturated rings. The van der Waals surface area contributed by atoms with Crippen molar-refractivity contribution in [3.8, 4) is 0 Å². The third-order valence-electron chi connectivity index (χ3n) is 4.93. The maximum Gasteiger partial charge on any atom is 0.308 e. The molecule has 1 aromatic heterocycles. The Morgan fingerprint density at radius 3 is 2.80 bits per heavy atom. The van der Waals surface area contributed by atoms with Crippen molar-refractivity contribution >= 4 is 11.9 Å². The van der Waals surface area contributed by atoms with Crippen LogP contribution in [0.2, 0.25) is 0 Å². The number of carbonyl (C=O) groups excluding carboxylic acids is 1. The molecule has 0 radical (unpaired) electrons. The van der Waals surface area contributed by atoms with Crippen LogP contribution in [0.3, 0.4) is 0 Å². The van der Waals surface area contributed by atoms with E-state index < -0.39 is 0 Å². The number of ether oxygens (including phenoxy) is 2. The lowest BCUT2D eigenvalue weighted by Gasteiger charge is -2.28. The fourth-order valence-corrected chi connectivity index (χ4v) is 3.44. The fourth-order valence-electron chi connectivity index (χ4n) is 3.44. The number of carbonyl (C=O) groups is 1. The van der Waals surface area contributed by atoms with Crippen LogP contribution in [0, 0.1) is 5.92 Å². The van der Waals surface area contributed by atoms with Crippen molar-refractivity contribution in [3.63, 3.8) is 0 Å². The Balaban J connectivity index is 1.32. The minimum atomic E-state index is -0.0412. The lowest BCUT2D eigenvalue weighted by Crippen LogP contribution is -2.33. The number of anilines is 1. The van der Waals surface area contributed by atoms with E-state index in [1.54, 1.807) is 18.5 Å².